The van der Waals surface area contributed by atoms with Gasteiger partial charge in [0, 0.05) is 13.1 Å². The van der Waals surface area contributed by atoms with Crippen molar-refractivity contribution in [2.75, 3.05) is 13.1 Å². The van der Waals surface area contributed by atoms with Crippen LogP contribution in [0.25, 0.3) is 0 Å². The molecule has 0 aliphatic carbocycles. The largest absolute Gasteiger partial charge is 0.340 e. The Labute approximate surface area is 85.8 Å². The van der Waals surface area contributed by atoms with Crippen LogP contribution >= 0.6 is 0 Å². The van der Waals surface area contributed by atoms with Crippen molar-refractivity contribution >= 4 is 17.7 Å². The van der Waals surface area contributed by atoms with Crippen molar-refractivity contribution < 1.29 is 14.4 Å². The molecule has 2 fully saturated rings. The molecular weight excluding hydrogens is 198 g/mol. The molecule has 0 aromatic rings. The van der Waals surface area contributed by atoms with Gasteiger partial charge in [0.1, 0.15) is 6.42 Å². The van der Waals surface area contributed by atoms with Gasteiger partial charge in [0.15, 0.2) is 0 Å². The summed E-state index contributed by atoms with van der Waals surface area (Å²) in [5.41, 5.74) is 0. The number of hydrogen-bond donors (Lipinski definition) is 1. The molecule has 6 nitrogen and oxygen atoms in total. The second-order valence-corrected chi connectivity index (χ2v) is 3.70. The van der Waals surface area contributed by atoms with Gasteiger partial charge in [-0.1, -0.05) is 0 Å². The minimum Gasteiger partial charge on any atom is -0.340 e. The number of carbonyl (C=O) groups excluding carboxylic acids is 3. The molecule has 2 aliphatic rings. The van der Waals surface area contributed by atoms with Crippen LogP contribution in [0.4, 0.5) is 0 Å². The second-order valence-electron chi connectivity index (χ2n) is 3.70. The summed E-state index contributed by atoms with van der Waals surface area (Å²) >= 11 is 0. The van der Waals surface area contributed by atoms with Crippen LogP contribution in [0.3, 0.4) is 0 Å². The third kappa shape index (κ3) is 1.46. The van der Waals surface area contributed by atoms with E-state index in [1.54, 1.807) is 6.07 Å². The summed E-state index contributed by atoms with van der Waals surface area (Å²) in [6.07, 6.45) is -0.199. The summed E-state index contributed by atoms with van der Waals surface area (Å²) in [4.78, 5) is 35.3. The fraction of sp³-hybridized carbons (Fsp3) is 0.556. The number of imide groups is 1. The number of carbonyl (C=O) groups is 3. The van der Waals surface area contributed by atoms with E-state index in [9.17, 15) is 14.4 Å². The topological polar surface area (TPSA) is 90.3 Å². The lowest BCUT2D eigenvalue weighted by atomic mass is 10.00. The van der Waals surface area contributed by atoms with Gasteiger partial charge in [-0.05, 0) is 0 Å². The van der Waals surface area contributed by atoms with Crippen LogP contribution in [0.5, 0.6) is 0 Å². The van der Waals surface area contributed by atoms with Gasteiger partial charge in [0.25, 0.3) is 0 Å². The molecule has 2 atom stereocenters. The summed E-state index contributed by atoms with van der Waals surface area (Å²) in [6, 6.07) is 1.76. The fourth-order valence-electron chi connectivity index (χ4n) is 2.03. The number of fused-ring (bicyclic) bond motifs is 1. The molecule has 0 radical (unpaired) electrons. The van der Waals surface area contributed by atoms with E-state index in [0.29, 0.717) is 0 Å². The van der Waals surface area contributed by atoms with E-state index < -0.39 is 11.8 Å². The van der Waals surface area contributed by atoms with Crippen molar-refractivity contribution in [3.8, 4) is 6.07 Å². The van der Waals surface area contributed by atoms with E-state index in [1.807, 2.05) is 0 Å². The highest BCUT2D eigenvalue weighted by atomic mass is 16.2. The quantitative estimate of drug-likeness (QED) is 0.537. The van der Waals surface area contributed by atoms with Crippen molar-refractivity contribution in [2.45, 2.75) is 6.42 Å². The predicted molar refractivity (Wildman–Crippen MR) is 46.9 cm³/mol. The second kappa shape index (κ2) is 3.35. The molecule has 2 heterocycles. The highest BCUT2D eigenvalue weighted by molar-refractivity contribution is 6.06. The maximum absolute atomic E-state index is 11.4. The SMILES string of the molecule is N#CCC(=O)N1CC2C(=O)NC(=O)C2C1. The van der Waals surface area contributed by atoms with E-state index in [1.165, 1.54) is 4.90 Å². The van der Waals surface area contributed by atoms with Crippen LogP contribution in [0.2, 0.25) is 0 Å². The van der Waals surface area contributed by atoms with Gasteiger partial charge in [-0.2, -0.15) is 5.26 Å². The van der Waals surface area contributed by atoms with Crippen molar-refractivity contribution in [1.82, 2.24) is 10.2 Å². The first-order chi connectivity index (χ1) is 7.13. The summed E-state index contributed by atoms with van der Waals surface area (Å²) < 4.78 is 0. The molecule has 2 saturated heterocycles. The Morgan fingerprint density at radius 2 is 1.93 bits per heavy atom. The number of nitrogens with one attached hydrogen (secondary N) is 1. The first kappa shape index (κ1) is 9.65. The molecule has 6 heteroatoms. The fourth-order valence-corrected chi connectivity index (χ4v) is 2.03. The molecule has 2 unspecified atom stereocenters. The summed E-state index contributed by atoms with van der Waals surface area (Å²) in [7, 11) is 0. The highest BCUT2D eigenvalue weighted by Crippen LogP contribution is 2.28. The lowest BCUT2D eigenvalue weighted by Crippen LogP contribution is -2.34. The summed E-state index contributed by atoms with van der Waals surface area (Å²) in [6.45, 7) is 0.505. The van der Waals surface area contributed by atoms with Crippen molar-refractivity contribution in [3.05, 3.63) is 0 Å². The Hall–Kier alpha value is -1.90. The van der Waals surface area contributed by atoms with Gasteiger partial charge >= 0.3 is 0 Å². The molecule has 0 bridgehead atoms. The number of amides is 3. The van der Waals surface area contributed by atoms with Gasteiger partial charge in [-0.3, -0.25) is 19.7 Å². The van der Waals surface area contributed by atoms with Gasteiger partial charge in [-0.15, -0.1) is 0 Å². The van der Waals surface area contributed by atoms with E-state index in [0.717, 1.165) is 0 Å². The molecule has 1 N–H and O–H groups in total. The van der Waals surface area contributed by atoms with E-state index in [4.69, 9.17) is 5.26 Å². The van der Waals surface area contributed by atoms with Crippen molar-refractivity contribution in [2.24, 2.45) is 11.8 Å². The minimum absolute atomic E-state index is 0.199. The zero-order valence-corrected chi connectivity index (χ0v) is 7.90. The third-order valence-corrected chi connectivity index (χ3v) is 2.82. The van der Waals surface area contributed by atoms with Crippen LogP contribution in [0, 0.1) is 23.2 Å². The van der Waals surface area contributed by atoms with E-state index in [2.05, 4.69) is 5.32 Å². The maximum atomic E-state index is 11.4. The molecule has 0 aromatic heterocycles. The molecule has 0 spiro atoms. The Bertz CT molecular complexity index is 363. The van der Waals surface area contributed by atoms with Gasteiger partial charge < -0.3 is 4.90 Å². The van der Waals surface area contributed by atoms with Crippen LogP contribution in [0.1, 0.15) is 6.42 Å². The molecule has 0 aromatic carbocycles. The molecule has 2 rings (SSSR count). The zero-order chi connectivity index (χ0) is 11.0. The first-order valence-electron chi connectivity index (χ1n) is 4.63. The molecule has 2 aliphatic heterocycles. The average molecular weight is 207 g/mol. The Kier molecular flexibility index (Phi) is 2.15. The van der Waals surface area contributed by atoms with Gasteiger partial charge in [-0.25, -0.2) is 0 Å². The van der Waals surface area contributed by atoms with E-state index in [-0.39, 0.29) is 37.2 Å². The third-order valence-electron chi connectivity index (χ3n) is 2.82. The average Bonchev–Trinajstić information content (AvgIpc) is 2.70. The van der Waals surface area contributed by atoms with Gasteiger partial charge in [0.2, 0.25) is 17.7 Å². The monoisotopic (exact) mass is 207 g/mol. The maximum Gasteiger partial charge on any atom is 0.236 e. The van der Waals surface area contributed by atoms with Crippen LogP contribution < -0.4 is 5.32 Å². The van der Waals surface area contributed by atoms with Crippen LogP contribution in [0.15, 0.2) is 0 Å². The van der Waals surface area contributed by atoms with E-state index >= 15 is 0 Å². The smallest absolute Gasteiger partial charge is 0.236 e. The standard InChI is InChI=1S/C9H9N3O3/c10-2-1-7(13)12-3-5-6(4-12)9(15)11-8(5)14/h5-6H,1,3-4H2,(H,11,14,15). The predicted octanol–water partition coefficient (Wildman–Crippen LogP) is -1.37. The molecule has 78 valence electrons. The first-order valence-corrected chi connectivity index (χ1v) is 4.63. The lowest BCUT2D eigenvalue weighted by molar-refractivity contribution is -0.130. The normalized spacial score (nSPS) is 28.6. The van der Waals surface area contributed by atoms with Crippen molar-refractivity contribution in [1.29, 1.82) is 5.26 Å². The Morgan fingerprint density at radius 1 is 1.40 bits per heavy atom. The summed E-state index contributed by atoms with van der Waals surface area (Å²) in [5, 5.41) is 10.6. The Balaban J connectivity index is 2.07. The molecule has 3 amide bonds. The zero-order valence-electron chi connectivity index (χ0n) is 7.90. The van der Waals surface area contributed by atoms with Crippen LogP contribution in [-0.4, -0.2) is 35.7 Å². The number of nitriles is 1. The Morgan fingerprint density at radius 3 is 2.40 bits per heavy atom. The highest BCUT2D eigenvalue weighted by Gasteiger charge is 2.48. The number of nitrogens with zero attached hydrogens (tertiary/aromatic N) is 2. The molecular formula is C9H9N3O3. The summed E-state index contributed by atoms with van der Waals surface area (Å²) in [5.74, 6) is -1.76. The number of rotatable bonds is 1. The number of hydrogen-bond acceptors (Lipinski definition) is 4. The lowest BCUT2D eigenvalue weighted by Gasteiger charge is -2.14. The van der Waals surface area contributed by atoms with Crippen molar-refractivity contribution in [3.63, 3.8) is 0 Å². The number of likely N-dealkylation sites (tertiary alicyclic amines) is 1. The minimum atomic E-state index is -0.417. The molecule has 15 heavy (non-hydrogen) atoms. The molecule has 0 saturated carbocycles. The van der Waals surface area contributed by atoms with Crippen LogP contribution in [-0.2, 0) is 14.4 Å². The van der Waals surface area contributed by atoms with Gasteiger partial charge in [0.05, 0.1) is 17.9 Å².